The van der Waals surface area contributed by atoms with Crippen molar-refractivity contribution in [1.29, 1.82) is 0 Å². The molecule has 1 aliphatic rings. The molecule has 2 aromatic heterocycles. The zero-order chi connectivity index (χ0) is 18.0. The fourth-order valence-electron chi connectivity index (χ4n) is 2.94. The number of esters is 1. The third-order valence-electron chi connectivity index (χ3n) is 4.10. The van der Waals surface area contributed by atoms with Gasteiger partial charge in [0.25, 0.3) is 0 Å². The van der Waals surface area contributed by atoms with Crippen molar-refractivity contribution in [3.05, 3.63) is 65.8 Å². The summed E-state index contributed by atoms with van der Waals surface area (Å²) in [6, 6.07) is 5.14. The Morgan fingerprint density at radius 3 is 2.92 bits per heavy atom. The van der Waals surface area contributed by atoms with E-state index in [1.54, 1.807) is 31.3 Å². The summed E-state index contributed by atoms with van der Waals surface area (Å²) >= 11 is 0. The van der Waals surface area contributed by atoms with Crippen LogP contribution in [0.3, 0.4) is 0 Å². The van der Waals surface area contributed by atoms with Crippen molar-refractivity contribution in [2.75, 3.05) is 18.1 Å². The molecule has 0 N–H and O–H groups in total. The van der Waals surface area contributed by atoms with E-state index in [4.69, 9.17) is 9.15 Å². The molecule has 1 aliphatic heterocycles. The average molecular weight is 342 g/mol. The number of halogens is 1. The fraction of sp³-hybridized carbons (Fsp3) is 0.263. The smallest absolute Gasteiger partial charge is 0.336 e. The summed E-state index contributed by atoms with van der Waals surface area (Å²) in [4.78, 5) is 18.5. The second kappa shape index (κ2) is 6.93. The standard InChI is InChI=1S/C19H19FN2O3/c1-4-12-10-14-17(21-18(12)20)16(15-8-7-9-25-15)13(11-22(14)5-2)19(23)24-6-3/h4,7-11,16H,1,5-6H2,2-3H3. The Bertz CT molecular complexity index is 827. The first kappa shape index (κ1) is 17.0. The van der Waals surface area contributed by atoms with Gasteiger partial charge in [0.2, 0.25) is 5.95 Å². The highest BCUT2D eigenvalue weighted by molar-refractivity contribution is 5.93. The minimum atomic E-state index is -0.633. The normalized spacial score (nSPS) is 16.2. The van der Waals surface area contributed by atoms with Crippen LogP contribution in [0.4, 0.5) is 10.1 Å². The highest BCUT2D eigenvalue weighted by atomic mass is 19.1. The first-order chi connectivity index (χ1) is 12.1. The Labute approximate surface area is 145 Å². The molecule has 2 aromatic rings. The summed E-state index contributed by atoms with van der Waals surface area (Å²) in [7, 11) is 0. The maximum Gasteiger partial charge on any atom is 0.336 e. The number of carbonyl (C=O) groups excluding carboxylic acids is 1. The van der Waals surface area contributed by atoms with Crippen LogP contribution in [0.25, 0.3) is 6.08 Å². The summed E-state index contributed by atoms with van der Waals surface area (Å²) in [6.07, 6.45) is 4.65. The van der Waals surface area contributed by atoms with Gasteiger partial charge in [-0.05, 0) is 32.0 Å². The molecule has 0 fully saturated rings. The molecule has 0 bridgehead atoms. The molecule has 1 unspecified atom stereocenters. The van der Waals surface area contributed by atoms with Crippen LogP contribution >= 0.6 is 0 Å². The summed E-state index contributed by atoms with van der Waals surface area (Å²) < 4.78 is 25.0. The van der Waals surface area contributed by atoms with E-state index in [0.717, 1.165) is 0 Å². The maximum atomic E-state index is 14.3. The number of hydrogen-bond acceptors (Lipinski definition) is 5. The van der Waals surface area contributed by atoms with E-state index in [-0.39, 0.29) is 6.61 Å². The minimum Gasteiger partial charge on any atom is -0.468 e. The molecule has 0 radical (unpaired) electrons. The number of furan rings is 1. The van der Waals surface area contributed by atoms with Gasteiger partial charge in [0.05, 0.1) is 35.7 Å². The zero-order valence-corrected chi connectivity index (χ0v) is 14.2. The van der Waals surface area contributed by atoms with Gasteiger partial charge in [0.1, 0.15) is 5.76 Å². The summed E-state index contributed by atoms with van der Waals surface area (Å²) in [6.45, 7) is 8.13. The van der Waals surface area contributed by atoms with Gasteiger partial charge in [0, 0.05) is 18.3 Å². The van der Waals surface area contributed by atoms with Crippen LogP contribution in [0.1, 0.15) is 36.8 Å². The molecule has 3 rings (SSSR count). The van der Waals surface area contributed by atoms with Crippen LogP contribution in [-0.4, -0.2) is 24.1 Å². The van der Waals surface area contributed by atoms with Crippen LogP contribution < -0.4 is 4.90 Å². The Hall–Kier alpha value is -2.89. The second-order valence-electron chi connectivity index (χ2n) is 5.52. The van der Waals surface area contributed by atoms with E-state index < -0.39 is 17.8 Å². The van der Waals surface area contributed by atoms with E-state index >= 15 is 0 Å². The van der Waals surface area contributed by atoms with Gasteiger partial charge in [0.15, 0.2) is 0 Å². The second-order valence-corrected chi connectivity index (χ2v) is 5.52. The highest BCUT2D eigenvalue weighted by Crippen LogP contribution is 2.42. The molecule has 5 nitrogen and oxygen atoms in total. The molecule has 0 aromatic carbocycles. The lowest BCUT2D eigenvalue weighted by Gasteiger charge is -2.31. The van der Waals surface area contributed by atoms with Gasteiger partial charge >= 0.3 is 5.97 Å². The van der Waals surface area contributed by atoms with Crippen molar-refractivity contribution in [1.82, 2.24) is 4.98 Å². The van der Waals surface area contributed by atoms with Gasteiger partial charge in [-0.15, -0.1) is 0 Å². The third-order valence-corrected chi connectivity index (χ3v) is 4.10. The predicted molar refractivity (Wildman–Crippen MR) is 92.6 cm³/mol. The maximum absolute atomic E-state index is 14.3. The van der Waals surface area contributed by atoms with Crippen LogP contribution in [0, 0.1) is 5.95 Å². The molecular formula is C19H19FN2O3. The van der Waals surface area contributed by atoms with E-state index in [1.807, 2.05) is 11.8 Å². The lowest BCUT2D eigenvalue weighted by Crippen LogP contribution is -2.29. The van der Waals surface area contributed by atoms with Crippen LogP contribution in [-0.2, 0) is 9.53 Å². The van der Waals surface area contributed by atoms with Crippen LogP contribution in [0.2, 0.25) is 0 Å². The highest BCUT2D eigenvalue weighted by Gasteiger charge is 2.36. The quantitative estimate of drug-likeness (QED) is 0.610. The van der Waals surface area contributed by atoms with Crippen molar-refractivity contribution in [2.24, 2.45) is 0 Å². The first-order valence-electron chi connectivity index (χ1n) is 8.12. The van der Waals surface area contributed by atoms with Gasteiger partial charge in [-0.3, -0.25) is 0 Å². The van der Waals surface area contributed by atoms with Gasteiger partial charge in [-0.25, -0.2) is 9.78 Å². The molecule has 0 spiro atoms. The molecule has 0 saturated heterocycles. The number of ether oxygens (including phenoxy) is 1. The number of anilines is 1. The topological polar surface area (TPSA) is 55.6 Å². The SMILES string of the molecule is C=Cc1cc2c(nc1F)C(c1ccco1)C(C(=O)OCC)=CN2CC. The monoisotopic (exact) mass is 342 g/mol. The number of nitrogens with zero attached hydrogens (tertiary/aromatic N) is 2. The van der Waals surface area contributed by atoms with Crippen molar-refractivity contribution in [2.45, 2.75) is 19.8 Å². The van der Waals surface area contributed by atoms with Crippen molar-refractivity contribution >= 4 is 17.7 Å². The summed E-state index contributed by atoms with van der Waals surface area (Å²) in [5.41, 5.74) is 1.81. The number of aromatic nitrogens is 1. The van der Waals surface area contributed by atoms with E-state index in [2.05, 4.69) is 11.6 Å². The lowest BCUT2D eigenvalue weighted by atomic mass is 9.88. The lowest BCUT2D eigenvalue weighted by molar-refractivity contribution is -0.138. The van der Waals surface area contributed by atoms with E-state index in [9.17, 15) is 9.18 Å². The van der Waals surface area contributed by atoms with Crippen molar-refractivity contribution < 1.29 is 18.3 Å². The minimum absolute atomic E-state index is 0.247. The Balaban J connectivity index is 2.22. The molecule has 6 heteroatoms. The molecule has 25 heavy (non-hydrogen) atoms. The number of pyridine rings is 1. The molecule has 130 valence electrons. The third kappa shape index (κ3) is 2.95. The number of hydrogen-bond donors (Lipinski definition) is 0. The molecular weight excluding hydrogens is 323 g/mol. The van der Waals surface area contributed by atoms with Gasteiger partial charge in [-0.1, -0.05) is 12.7 Å². The Morgan fingerprint density at radius 2 is 2.32 bits per heavy atom. The largest absolute Gasteiger partial charge is 0.468 e. The van der Waals surface area contributed by atoms with E-state index in [1.165, 1.54) is 12.3 Å². The number of carbonyl (C=O) groups is 1. The van der Waals surface area contributed by atoms with E-state index in [0.29, 0.717) is 34.8 Å². The molecule has 1 atom stereocenters. The Morgan fingerprint density at radius 1 is 1.52 bits per heavy atom. The first-order valence-corrected chi connectivity index (χ1v) is 8.12. The van der Waals surface area contributed by atoms with Gasteiger partial charge < -0.3 is 14.1 Å². The molecule has 0 saturated carbocycles. The zero-order valence-electron chi connectivity index (χ0n) is 14.2. The van der Waals surface area contributed by atoms with Crippen LogP contribution in [0.15, 0.2) is 47.2 Å². The predicted octanol–water partition coefficient (Wildman–Crippen LogP) is 3.88. The molecule has 0 amide bonds. The number of rotatable bonds is 5. The fourth-order valence-corrected chi connectivity index (χ4v) is 2.94. The summed E-state index contributed by atoms with van der Waals surface area (Å²) in [5.74, 6) is -1.22. The number of fused-ring (bicyclic) bond motifs is 1. The van der Waals surface area contributed by atoms with Gasteiger partial charge in [-0.2, -0.15) is 4.39 Å². The van der Waals surface area contributed by atoms with Crippen LogP contribution in [0.5, 0.6) is 0 Å². The van der Waals surface area contributed by atoms with Crippen molar-refractivity contribution in [3.8, 4) is 0 Å². The molecule has 0 aliphatic carbocycles. The molecule has 3 heterocycles. The Kier molecular flexibility index (Phi) is 4.70. The summed E-state index contributed by atoms with van der Waals surface area (Å²) in [5, 5.41) is 0. The van der Waals surface area contributed by atoms with Crippen molar-refractivity contribution in [3.63, 3.8) is 0 Å². The average Bonchev–Trinajstić information content (AvgIpc) is 3.14.